The fourth-order valence-corrected chi connectivity index (χ4v) is 2.26. The van der Waals surface area contributed by atoms with Gasteiger partial charge >= 0.3 is 6.18 Å². The van der Waals surface area contributed by atoms with Crippen LogP contribution in [0.25, 0.3) is 0 Å². The maximum Gasteiger partial charge on any atom is 0.390 e. The summed E-state index contributed by atoms with van der Waals surface area (Å²) in [4.78, 5) is -0.146. The Balaban J connectivity index is 2.77. The molecule has 1 rings (SSSR count). The van der Waals surface area contributed by atoms with Gasteiger partial charge in [0.1, 0.15) is 0 Å². The molecular formula is C10H13F3N2O2S. The third-order valence-corrected chi connectivity index (χ3v) is 3.72. The minimum atomic E-state index is -4.39. The van der Waals surface area contributed by atoms with E-state index in [1.54, 1.807) is 6.92 Å². The third-order valence-electron chi connectivity index (χ3n) is 2.26. The molecule has 1 aromatic rings. The Bertz CT molecular complexity index is 526. The molecule has 0 heterocycles. The molecule has 0 unspecified atom stereocenters. The molecule has 0 amide bonds. The van der Waals surface area contributed by atoms with Gasteiger partial charge in [0, 0.05) is 12.2 Å². The van der Waals surface area contributed by atoms with Gasteiger partial charge in [-0.15, -0.1) is 0 Å². The van der Waals surface area contributed by atoms with Crippen molar-refractivity contribution in [2.45, 2.75) is 24.4 Å². The predicted octanol–water partition coefficient (Wildman–Crippen LogP) is 1.81. The summed E-state index contributed by atoms with van der Waals surface area (Å²) in [5.74, 6) is 0. The highest BCUT2D eigenvalue weighted by Gasteiger charge is 2.27. The molecule has 1 aromatic carbocycles. The van der Waals surface area contributed by atoms with E-state index in [1.165, 1.54) is 18.2 Å². The van der Waals surface area contributed by atoms with Crippen molar-refractivity contribution in [3.63, 3.8) is 0 Å². The van der Waals surface area contributed by atoms with Crippen molar-refractivity contribution in [2.24, 2.45) is 0 Å². The molecule has 0 aliphatic heterocycles. The monoisotopic (exact) mass is 282 g/mol. The summed E-state index contributed by atoms with van der Waals surface area (Å²) >= 11 is 0. The van der Waals surface area contributed by atoms with Crippen molar-refractivity contribution in [1.82, 2.24) is 4.72 Å². The number of aryl methyl sites for hydroxylation is 1. The minimum Gasteiger partial charge on any atom is -0.398 e. The lowest BCUT2D eigenvalue weighted by Crippen LogP contribution is -2.28. The molecule has 102 valence electrons. The summed E-state index contributed by atoms with van der Waals surface area (Å²) in [7, 11) is -3.95. The summed E-state index contributed by atoms with van der Waals surface area (Å²) < 4.78 is 60.9. The number of rotatable bonds is 4. The fourth-order valence-electron chi connectivity index (χ4n) is 1.20. The number of sulfonamides is 1. The van der Waals surface area contributed by atoms with E-state index in [4.69, 9.17) is 5.73 Å². The van der Waals surface area contributed by atoms with E-state index in [0.29, 0.717) is 5.56 Å². The van der Waals surface area contributed by atoms with Crippen molar-refractivity contribution in [2.75, 3.05) is 12.3 Å². The maximum atomic E-state index is 11.9. The molecule has 0 radical (unpaired) electrons. The summed E-state index contributed by atoms with van der Waals surface area (Å²) in [5, 5.41) is 0. The lowest BCUT2D eigenvalue weighted by Gasteiger charge is -2.09. The van der Waals surface area contributed by atoms with E-state index in [1.807, 2.05) is 4.72 Å². The van der Waals surface area contributed by atoms with Crippen molar-refractivity contribution in [3.8, 4) is 0 Å². The molecule has 0 bridgehead atoms. The van der Waals surface area contributed by atoms with E-state index in [9.17, 15) is 21.6 Å². The van der Waals surface area contributed by atoms with Crippen LogP contribution in [0.4, 0.5) is 18.9 Å². The van der Waals surface area contributed by atoms with Crippen molar-refractivity contribution >= 4 is 15.7 Å². The molecule has 4 nitrogen and oxygen atoms in total. The smallest absolute Gasteiger partial charge is 0.390 e. The van der Waals surface area contributed by atoms with Crippen LogP contribution < -0.4 is 10.5 Å². The number of hydrogen-bond acceptors (Lipinski definition) is 3. The third kappa shape index (κ3) is 4.19. The maximum absolute atomic E-state index is 11.9. The predicted molar refractivity (Wildman–Crippen MR) is 61.5 cm³/mol. The van der Waals surface area contributed by atoms with E-state index < -0.39 is 29.2 Å². The minimum absolute atomic E-state index is 0.146. The number of halogens is 3. The van der Waals surface area contributed by atoms with E-state index in [-0.39, 0.29) is 10.6 Å². The molecule has 0 aromatic heterocycles. The molecule has 18 heavy (non-hydrogen) atoms. The number of alkyl halides is 3. The summed E-state index contributed by atoms with van der Waals surface area (Å²) in [6, 6.07) is 4.00. The molecule has 8 heteroatoms. The quantitative estimate of drug-likeness (QED) is 0.827. The van der Waals surface area contributed by atoms with Crippen LogP contribution in [0.5, 0.6) is 0 Å². The average molecular weight is 282 g/mol. The van der Waals surface area contributed by atoms with Gasteiger partial charge in [0.25, 0.3) is 0 Å². The first-order valence-corrected chi connectivity index (χ1v) is 6.53. The second-order valence-electron chi connectivity index (χ2n) is 3.78. The standard InChI is InChI=1S/C10H13F3N2O2S/c1-7-2-3-8(6-9(7)14)18(16,17)15-5-4-10(11,12)13/h2-3,6,15H,4-5,14H2,1H3. The Labute approximate surface area is 103 Å². The zero-order valence-corrected chi connectivity index (χ0v) is 10.4. The first-order valence-electron chi connectivity index (χ1n) is 5.04. The highest BCUT2D eigenvalue weighted by atomic mass is 32.2. The number of nitrogens with one attached hydrogen (secondary N) is 1. The van der Waals surface area contributed by atoms with Crippen molar-refractivity contribution in [3.05, 3.63) is 23.8 Å². The van der Waals surface area contributed by atoms with Crippen LogP contribution in [0.3, 0.4) is 0 Å². The van der Waals surface area contributed by atoms with Gasteiger partial charge in [-0.2, -0.15) is 13.2 Å². The molecule has 0 fully saturated rings. The van der Waals surface area contributed by atoms with Gasteiger partial charge in [-0.25, -0.2) is 13.1 Å². The molecular weight excluding hydrogens is 269 g/mol. The van der Waals surface area contributed by atoms with Crippen LogP contribution in [-0.4, -0.2) is 21.1 Å². The molecule has 0 aliphatic rings. The number of anilines is 1. The number of nitrogen functional groups attached to an aromatic ring is 1. The Morgan fingerprint density at radius 3 is 2.44 bits per heavy atom. The van der Waals surface area contributed by atoms with Gasteiger partial charge in [0.05, 0.1) is 11.3 Å². The van der Waals surface area contributed by atoms with Crippen LogP contribution in [0.2, 0.25) is 0 Å². The van der Waals surface area contributed by atoms with Crippen LogP contribution >= 0.6 is 0 Å². The number of nitrogens with two attached hydrogens (primary N) is 1. The van der Waals surface area contributed by atoms with Crippen LogP contribution in [0.1, 0.15) is 12.0 Å². The Hall–Kier alpha value is -1.28. The van der Waals surface area contributed by atoms with Gasteiger partial charge in [0.15, 0.2) is 0 Å². The van der Waals surface area contributed by atoms with Gasteiger partial charge in [0.2, 0.25) is 10.0 Å². The SMILES string of the molecule is Cc1ccc(S(=O)(=O)NCCC(F)(F)F)cc1N. The molecule has 0 saturated heterocycles. The lowest BCUT2D eigenvalue weighted by atomic mass is 10.2. The van der Waals surface area contributed by atoms with Crippen LogP contribution in [-0.2, 0) is 10.0 Å². The van der Waals surface area contributed by atoms with E-state index in [0.717, 1.165) is 0 Å². The first kappa shape index (κ1) is 14.8. The summed E-state index contributed by atoms with van der Waals surface area (Å²) in [6.45, 7) is 1.00. The normalized spacial score (nSPS) is 12.7. The first-order chi connectivity index (χ1) is 8.12. The van der Waals surface area contributed by atoms with Crippen LogP contribution in [0.15, 0.2) is 23.1 Å². The zero-order valence-electron chi connectivity index (χ0n) is 9.58. The molecule has 0 aliphatic carbocycles. The number of benzene rings is 1. The molecule has 3 N–H and O–H groups in total. The Morgan fingerprint density at radius 2 is 1.94 bits per heavy atom. The highest BCUT2D eigenvalue weighted by molar-refractivity contribution is 7.89. The summed E-state index contributed by atoms with van der Waals surface area (Å²) in [5.41, 5.74) is 6.51. The Kier molecular flexibility index (Phi) is 4.23. The largest absolute Gasteiger partial charge is 0.398 e. The highest BCUT2D eigenvalue weighted by Crippen LogP contribution is 2.20. The van der Waals surface area contributed by atoms with Crippen molar-refractivity contribution < 1.29 is 21.6 Å². The van der Waals surface area contributed by atoms with Gasteiger partial charge in [-0.1, -0.05) is 6.07 Å². The fraction of sp³-hybridized carbons (Fsp3) is 0.400. The van der Waals surface area contributed by atoms with Gasteiger partial charge < -0.3 is 5.73 Å². The summed E-state index contributed by atoms with van der Waals surface area (Å²) in [6.07, 6.45) is -5.61. The molecule has 0 spiro atoms. The number of hydrogen-bond donors (Lipinski definition) is 2. The van der Waals surface area contributed by atoms with E-state index >= 15 is 0 Å². The van der Waals surface area contributed by atoms with Crippen molar-refractivity contribution in [1.29, 1.82) is 0 Å². The second-order valence-corrected chi connectivity index (χ2v) is 5.55. The molecule has 0 saturated carbocycles. The zero-order chi connectivity index (χ0) is 14.0. The second kappa shape index (κ2) is 5.15. The van der Waals surface area contributed by atoms with Gasteiger partial charge in [-0.3, -0.25) is 0 Å². The van der Waals surface area contributed by atoms with E-state index in [2.05, 4.69) is 0 Å². The average Bonchev–Trinajstić information content (AvgIpc) is 2.19. The Morgan fingerprint density at radius 1 is 1.33 bits per heavy atom. The topological polar surface area (TPSA) is 72.2 Å². The van der Waals surface area contributed by atoms with Gasteiger partial charge in [-0.05, 0) is 24.6 Å². The molecule has 0 atom stereocenters. The lowest BCUT2D eigenvalue weighted by molar-refractivity contribution is -0.132. The van der Waals surface area contributed by atoms with Crippen LogP contribution in [0, 0.1) is 6.92 Å².